The Morgan fingerprint density at radius 1 is 1.25 bits per heavy atom. The largest absolute Gasteiger partial charge is 0.494 e. The van der Waals surface area contributed by atoms with Crippen molar-refractivity contribution in [3.8, 4) is 23.5 Å². The van der Waals surface area contributed by atoms with Gasteiger partial charge < -0.3 is 19.7 Å². The van der Waals surface area contributed by atoms with Crippen LogP contribution in [0.25, 0.3) is 5.69 Å². The fourth-order valence-electron chi connectivity index (χ4n) is 4.56. The van der Waals surface area contributed by atoms with Crippen LogP contribution in [0.15, 0.2) is 18.2 Å². The first-order valence-electron chi connectivity index (χ1n) is 8.50. The van der Waals surface area contributed by atoms with Crippen molar-refractivity contribution in [2.24, 2.45) is 0 Å². The van der Waals surface area contributed by atoms with Gasteiger partial charge in [0.1, 0.15) is 5.60 Å². The number of nitrogens with zero attached hydrogens (tertiary/aromatic N) is 2. The predicted octanol–water partition coefficient (Wildman–Crippen LogP) is 3.66. The van der Waals surface area contributed by atoms with E-state index in [1.165, 1.54) is 19.2 Å². The van der Waals surface area contributed by atoms with Gasteiger partial charge in [-0.05, 0) is 32.0 Å². The van der Waals surface area contributed by atoms with E-state index < -0.39 is 46.4 Å². The molecule has 0 unspecified atom stereocenters. The third kappa shape index (κ3) is 2.16. The SMILES string of the molecule is CO[C@@H]1C[C@@]2(C)O[C@]1(C)c1c2c(O)n(-c2ccc(C#N)c(C(F)(F)F)c2)c1O. The number of aromatic hydroxyl groups is 2. The molecule has 2 bridgehead atoms. The molecule has 6 nitrogen and oxygen atoms in total. The first-order chi connectivity index (χ1) is 13.0. The molecule has 0 saturated carbocycles. The van der Waals surface area contributed by atoms with Crippen LogP contribution in [0.2, 0.25) is 0 Å². The lowest BCUT2D eigenvalue weighted by Gasteiger charge is -2.28. The number of methoxy groups -OCH3 is 1. The lowest BCUT2D eigenvalue weighted by atomic mass is 9.78. The van der Waals surface area contributed by atoms with E-state index >= 15 is 0 Å². The summed E-state index contributed by atoms with van der Waals surface area (Å²) in [5.41, 5.74) is -3.18. The normalized spacial score (nSPS) is 28.4. The summed E-state index contributed by atoms with van der Waals surface area (Å²) >= 11 is 0. The van der Waals surface area contributed by atoms with Crippen LogP contribution in [0.4, 0.5) is 13.2 Å². The van der Waals surface area contributed by atoms with E-state index in [4.69, 9.17) is 14.7 Å². The van der Waals surface area contributed by atoms with Gasteiger partial charge in [-0.1, -0.05) is 0 Å². The molecule has 0 amide bonds. The van der Waals surface area contributed by atoms with Crippen LogP contribution in [-0.2, 0) is 26.9 Å². The summed E-state index contributed by atoms with van der Waals surface area (Å²) in [5, 5.41) is 30.6. The van der Waals surface area contributed by atoms with Crippen molar-refractivity contribution in [2.45, 2.75) is 43.8 Å². The second-order valence-corrected chi connectivity index (χ2v) is 7.44. The number of ether oxygens (including phenoxy) is 2. The Hall–Kier alpha value is -2.70. The first kappa shape index (κ1) is 18.7. The molecular formula is C19H17F3N2O4. The van der Waals surface area contributed by atoms with E-state index in [0.29, 0.717) is 17.5 Å². The van der Waals surface area contributed by atoms with Crippen molar-refractivity contribution in [3.63, 3.8) is 0 Å². The smallest absolute Gasteiger partial charge is 0.417 e. The Kier molecular flexibility index (Phi) is 3.62. The van der Waals surface area contributed by atoms with Gasteiger partial charge in [0.05, 0.1) is 45.7 Å². The predicted molar refractivity (Wildman–Crippen MR) is 90.0 cm³/mol. The van der Waals surface area contributed by atoms with Gasteiger partial charge in [-0.3, -0.25) is 4.57 Å². The van der Waals surface area contributed by atoms with Gasteiger partial charge in [-0.2, -0.15) is 18.4 Å². The number of rotatable bonds is 2. The van der Waals surface area contributed by atoms with Crippen LogP contribution in [0.3, 0.4) is 0 Å². The zero-order valence-corrected chi connectivity index (χ0v) is 15.3. The minimum absolute atomic E-state index is 0.115. The number of nitriles is 1. The molecule has 1 fully saturated rings. The van der Waals surface area contributed by atoms with Gasteiger partial charge in [-0.15, -0.1) is 0 Å². The number of benzene rings is 1. The van der Waals surface area contributed by atoms with E-state index in [-0.39, 0.29) is 5.69 Å². The highest BCUT2D eigenvalue weighted by molar-refractivity contribution is 5.62. The van der Waals surface area contributed by atoms with Crippen LogP contribution in [0, 0.1) is 11.3 Å². The lowest BCUT2D eigenvalue weighted by Crippen LogP contribution is -2.34. The molecule has 28 heavy (non-hydrogen) atoms. The van der Waals surface area contributed by atoms with Crippen molar-refractivity contribution >= 4 is 0 Å². The average Bonchev–Trinajstić information content (AvgIpc) is 3.14. The van der Waals surface area contributed by atoms with Gasteiger partial charge in [0.15, 0.2) is 0 Å². The maximum Gasteiger partial charge on any atom is 0.417 e. The van der Waals surface area contributed by atoms with Crippen molar-refractivity contribution in [1.82, 2.24) is 4.57 Å². The molecule has 1 aromatic heterocycles. The van der Waals surface area contributed by atoms with Crippen molar-refractivity contribution in [3.05, 3.63) is 40.5 Å². The first-order valence-corrected chi connectivity index (χ1v) is 8.50. The summed E-state index contributed by atoms with van der Waals surface area (Å²) < 4.78 is 52.4. The van der Waals surface area contributed by atoms with Gasteiger partial charge in [0.2, 0.25) is 11.8 Å². The van der Waals surface area contributed by atoms with Crippen LogP contribution in [-0.4, -0.2) is 28.0 Å². The van der Waals surface area contributed by atoms with E-state index in [2.05, 4.69) is 0 Å². The fraction of sp³-hybridized carbons (Fsp3) is 0.421. The quantitative estimate of drug-likeness (QED) is 0.812. The summed E-state index contributed by atoms with van der Waals surface area (Å²) in [6.07, 6.45) is -4.73. The summed E-state index contributed by atoms with van der Waals surface area (Å²) in [6.45, 7) is 3.45. The highest BCUT2D eigenvalue weighted by Crippen LogP contribution is 2.64. The summed E-state index contributed by atoms with van der Waals surface area (Å²) in [5.74, 6) is -0.815. The van der Waals surface area contributed by atoms with Gasteiger partial charge in [0, 0.05) is 13.5 Å². The van der Waals surface area contributed by atoms with Gasteiger partial charge >= 0.3 is 6.18 Å². The second-order valence-electron chi connectivity index (χ2n) is 7.44. The molecule has 148 valence electrons. The molecule has 2 N–H and O–H groups in total. The highest BCUT2D eigenvalue weighted by atomic mass is 19.4. The molecule has 0 spiro atoms. The monoisotopic (exact) mass is 394 g/mol. The van der Waals surface area contributed by atoms with E-state index in [1.54, 1.807) is 13.8 Å². The zero-order chi connectivity index (χ0) is 20.6. The van der Waals surface area contributed by atoms with Crippen LogP contribution < -0.4 is 0 Å². The topological polar surface area (TPSA) is 87.6 Å². The number of halogens is 3. The second kappa shape index (κ2) is 5.43. The van der Waals surface area contributed by atoms with Crippen molar-refractivity contribution < 1.29 is 32.9 Å². The molecule has 0 aliphatic carbocycles. The summed E-state index contributed by atoms with van der Waals surface area (Å²) in [7, 11) is 1.51. The molecule has 2 aromatic rings. The molecular weight excluding hydrogens is 377 g/mol. The number of hydrogen-bond donors (Lipinski definition) is 2. The molecule has 1 aromatic carbocycles. The molecule has 2 aliphatic heterocycles. The van der Waals surface area contributed by atoms with Crippen LogP contribution >= 0.6 is 0 Å². The van der Waals surface area contributed by atoms with Crippen molar-refractivity contribution in [1.29, 1.82) is 5.26 Å². The van der Waals surface area contributed by atoms with E-state index in [1.807, 2.05) is 0 Å². The Bertz CT molecular complexity index is 1040. The van der Waals surface area contributed by atoms with Gasteiger partial charge in [-0.25, -0.2) is 0 Å². The molecule has 3 atom stereocenters. The minimum Gasteiger partial charge on any atom is -0.494 e. The summed E-state index contributed by atoms with van der Waals surface area (Å²) in [6, 6.07) is 4.49. The van der Waals surface area contributed by atoms with E-state index in [0.717, 1.165) is 16.7 Å². The zero-order valence-electron chi connectivity index (χ0n) is 15.3. The Morgan fingerprint density at radius 2 is 1.89 bits per heavy atom. The Morgan fingerprint density at radius 3 is 2.46 bits per heavy atom. The molecule has 3 heterocycles. The van der Waals surface area contributed by atoms with Crippen molar-refractivity contribution in [2.75, 3.05) is 7.11 Å². The standard InChI is InChI=1S/C19H17F3N2O4/c1-17-7-12(27-3)18(2,28-17)14-13(17)15(25)24(16(14)26)10-5-4-9(8-23)11(6-10)19(20,21)22/h4-6,12,25-26H,7H2,1-3H3/t12-,17-,18+/m1/s1. The highest BCUT2D eigenvalue weighted by Gasteiger charge is 2.64. The number of hydrogen-bond acceptors (Lipinski definition) is 5. The Balaban J connectivity index is 1.96. The third-order valence-corrected chi connectivity index (χ3v) is 5.74. The van der Waals surface area contributed by atoms with Gasteiger partial charge in [0.25, 0.3) is 0 Å². The van der Waals surface area contributed by atoms with E-state index in [9.17, 15) is 23.4 Å². The molecule has 9 heteroatoms. The average molecular weight is 394 g/mol. The third-order valence-electron chi connectivity index (χ3n) is 5.74. The fourth-order valence-corrected chi connectivity index (χ4v) is 4.56. The Labute approximate surface area is 158 Å². The van der Waals surface area contributed by atoms with Crippen LogP contribution in [0.1, 0.15) is 42.5 Å². The maximum atomic E-state index is 13.3. The number of aromatic nitrogens is 1. The summed E-state index contributed by atoms with van der Waals surface area (Å²) in [4.78, 5) is 0. The minimum atomic E-state index is -4.76. The van der Waals surface area contributed by atoms with Crippen LogP contribution in [0.5, 0.6) is 11.8 Å². The molecule has 2 aliphatic rings. The lowest BCUT2D eigenvalue weighted by molar-refractivity contribution is -0.137. The maximum absolute atomic E-state index is 13.3. The number of alkyl halides is 3. The molecule has 4 rings (SSSR count). The molecule has 0 radical (unpaired) electrons. The molecule has 1 saturated heterocycles. The number of fused-ring (bicyclic) bond motifs is 5.